The van der Waals surface area contributed by atoms with E-state index >= 15 is 0 Å². The first-order valence-corrected chi connectivity index (χ1v) is 10.2. The highest BCUT2D eigenvalue weighted by atomic mass is 19.1. The molecule has 0 aliphatic carbocycles. The van der Waals surface area contributed by atoms with Gasteiger partial charge >= 0.3 is 0 Å². The van der Waals surface area contributed by atoms with E-state index in [0.29, 0.717) is 26.2 Å². The van der Waals surface area contributed by atoms with Crippen LogP contribution in [0, 0.1) is 17.6 Å². The van der Waals surface area contributed by atoms with E-state index in [2.05, 4.69) is 4.90 Å². The molecule has 2 atom stereocenters. The number of carbonyl (C=O) groups excluding carboxylic acids is 1. The van der Waals surface area contributed by atoms with Gasteiger partial charge in [-0.05, 0) is 41.3 Å². The van der Waals surface area contributed by atoms with Gasteiger partial charge in [-0.25, -0.2) is 8.78 Å². The molecule has 0 spiro atoms. The van der Waals surface area contributed by atoms with Crippen molar-refractivity contribution < 1.29 is 13.6 Å². The van der Waals surface area contributed by atoms with Gasteiger partial charge in [0.05, 0.1) is 12.1 Å². The fourth-order valence-electron chi connectivity index (χ4n) is 3.81. The Labute approximate surface area is 171 Å². The van der Waals surface area contributed by atoms with Crippen LogP contribution < -0.4 is 5.73 Å². The van der Waals surface area contributed by atoms with E-state index in [1.54, 1.807) is 24.3 Å². The van der Waals surface area contributed by atoms with Crippen LogP contribution >= 0.6 is 0 Å². The molecule has 2 N–H and O–H groups in total. The van der Waals surface area contributed by atoms with Crippen molar-refractivity contribution in [2.45, 2.75) is 32.4 Å². The molecule has 29 heavy (non-hydrogen) atoms. The number of carbonyl (C=O) groups is 1. The van der Waals surface area contributed by atoms with E-state index in [1.807, 2.05) is 18.7 Å². The summed E-state index contributed by atoms with van der Waals surface area (Å²) in [5, 5.41) is 0. The predicted octanol–water partition coefficient (Wildman–Crippen LogP) is 3.57. The zero-order valence-corrected chi connectivity index (χ0v) is 17.0. The molecule has 1 saturated heterocycles. The van der Waals surface area contributed by atoms with Gasteiger partial charge in [0.1, 0.15) is 11.6 Å². The highest BCUT2D eigenvalue weighted by molar-refractivity contribution is 5.82. The number of piperazine rings is 1. The molecule has 1 amide bonds. The molecule has 0 saturated carbocycles. The van der Waals surface area contributed by atoms with Gasteiger partial charge in [0, 0.05) is 26.2 Å². The molecule has 2 aromatic rings. The second-order valence-electron chi connectivity index (χ2n) is 7.78. The maximum absolute atomic E-state index is 13.4. The van der Waals surface area contributed by atoms with Crippen LogP contribution in [0.3, 0.4) is 0 Å². The fraction of sp³-hybridized carbons (Fsp3) is 0.435. The van der Waals surface area contributed by atoms with Gasteiger partial charge < -0.3 is 10.6 Å². The van der Waals surface area contributed by atoms with Gasteiger partial charge in [-0.1, -0.05) is 44.5 Å². The summed E-state index contributed by atoms with van der Waals surface area (Å²) in [7, 11) is 0. The molecule has 4 nitrogen and oxygen atoms in total. The monoisotopic (exact) mass is 401 g/mol. The Morgan fingerprint density at radius 1 is 0.931 bits per heavy atom. The SMILES string of the molecule is CCC(C)C(N)C(=O)N1CCN(C(c2ccc(F)cc2)c2ccc(F)cc2)CC1. The minimum absolute atomic E-state index is 0.000820. The molecule has 0 radical (unpaired) electrons. The summed E-state index contributed by atoms with van der Waals surface area (Å²) in [6.07, 6.45) is 0.865. The van der Waals surface area contributed by atoms with E-state index in [1.165, 1.54) is 24.3 Å². The normalized spacial score (nSPS) is 17.4. The van der Waals surface area contributed by atoms with Crippen molar-refractivity contribution in [3.05, 3.63) is 71.3 Å². The van der Waals surface area contributed by atoms with Crippen molar-refractivity contribution in [2.75, 3.05) is 26.2 Å². The fourth-order valence-corrected chi connectivity index (χ4v) is 3.81. The molecule has 2 unspecified atom stereocenters. The van der Waals surface area contributed by atoms with Gasteiger partial charge in [0.15, 0.2) is 0 Å². The van der Waals surface area contributed by atoms with Crippen molar-refractivity contribution in [3.8, 4) is 0 Å². The Bertz CT molecular complexity index is 756. The molecule has 6 heteroatoms. The number of nitrogens with zero attached hydrogens (tertiary/aromatic N) is 2. The lowest BCUT2D eigenvalue weighted by atomic mass is 9.95. The van der Waals surface area contributed by atoms with Crippen molar-refractivity contribution in [1.29, 1.82) is 0 Å². The summed E-state index contributed by atoms with van der Waals surface area (Å²) in [4.78, 5) is 16.8. The quantitative estimate of drug-likeness (QED) is 0.805. The molecule has 1 aliphatic rings. The number of nitrogens with two attached hydrogens (primary N) is 1. The third-order valence-electron chi connectivity index (χ3n) is 5.90. The molecule has 3 rings (SSSR count). The van der Waals surface area contributed by atoms with Gasteiger partial charge in [-0.3, -0.25) is 9.69 Å². The number of rotatable bonds is 6. The number of halogens is 2. The van der Waals surface area contributed by atoms with Crippen LogP contribution in [0.2, 0.25) is 0 Å². The molecule has 0 aromatic heterocycles. The number of hydrogen-bond donors (Lipinski definition) is 1. The Balaban J connectivity index is 1.77. The largest absolute Gasteiger partial charge is 0.339 e. The molecule has 1 aliphatic heterocycles. The first-order valence-electron chi connectivity index (χ1n) is 10.2. The lowest BCUT2D eigenvalue weighted by Crippen LogP contribution is -2.55. The zero-order chi connectivity index (χ0) is 21.0. The van der Waals surface area contributed by atoms with Gasteiger partial charge in [-0.2, -0.15) is 0 Å². The van der Waals surface area contributed by atoms with Crippen molar-refractivity contribution >= 4 is 5.91 Å². The smallest absolute Gasteiger partial charge is 0.239 e. The lowest BCUT2D eigenvalue weighted by molar-refractivity contribution is -0.135. The summed E-state index contributed by atoms with van der Waals surface area (Å²) >= 11 is 0. The third-order valence-corrected chi connectivity index (χ3v) is 5.90. The summed E-state index contributed by atoms with van der Waals surface area (Å²) in [6.45, 7) is 6.53. The summed E-state index contributed by atoms with van der Waals surface area (Å²) in [5.74, 6) is -0.437. The first kappa shape index (κ1) is 21.4. The van der Waals surface area contributed by atoms with Crippen molar-refractivity contribution in [1.82, 2.24) is 9.80 Å². The Kier molecular flexibility index (Phi) is 6.98. The number of benzene rings is 2. The summed E-state index contributed by atoms with van der Waals surface area (Å²) < 4.78 is 26.9. The highest BCUT2D eigenvalue weighted by Gasteiger charge is 2.31. The van der Waals surface area contributed by atoms with E-state index in [-0.39, 0.29) is 29.5 Å². The van der Waals surface area contributed by atoms with Crippen LogP contribution in [0.1, 0.15) is 37.4 Å². The van der Waals surface area contributed by atoms with E-state index < -0.39 is 6.04 Å². The topological polar surface area (TPSA) is 49.6 Å². The average molecular weight is 402 g/mol. The molecule has 0 bridgehead atoms. The van der Waals surface area contributed by atoms with Crippen LogP contribution in [-0.4, -0.2) is 47.9 Å². The predicted molar refractivity (Wildman–Crippen MR) is 110 cm³/mol. The van der Waals surface area contributed by atoms with Gasteiger partial charge in [0.25, 0.3) is 0 Å². The maximum Gasteiger partial charge on any atom is 0.239 e. The third kappa shape index (κ3) is 5.00. The van der Waals surface area contributed by atoms with Gasteiger partial charge in [0.2, 0.25) is 5.91 Å². The highest BCUT2D eigenvalue weighted by Crippen LogP contribution is 2.30. The standard InChI is InChI=1S/C23H29F2N3O/c1-3-16(2)21(26)23(29)28-14-12-27(13-15-28)22(17-4-8-19(24)9-5-17)18-6-10-20(25)11-7-18/h4-11,16,21-22H,3,12-15,26H2,1-2H3. The van der Waals surface area contributed by atoms with Gasteiger partial charge in [-0.15, -0.1) is 0 Å². The van der Waals surface area contributed by atoms with Crippen LogP contribution in [0.4, 0.5) is 8.78 Å². The van der Waals surface area contributed by atoms with Crippen LogP contribution in [0.25, 0.3) is 0 Å². The molecule has 1 heterocycles. The molecular formula is C23H29F2N3O. The van der Waals surface area contributed by atoms with Crippen molar-refractivity contribution in [2.24, 2.45) is 11.7 Å². The van der Waals surface area contributed by atoms with E-state index in [4.69, 9.17) is 5.73 Å². The second-order valence-corrected chi connectivity index (χ2v) is 7.78. The van der Waals surface area contributed by atoms with Crippen LogP contribution in [-0.2, 0) is 4.79 Å². The summed E-state index contributed by atoms with van der Waals surface area (Å²) in [5.41, 5.74) is 8.01. The number of amides is 1. The van der Waals surface area contributed by atoms with Crippen LogP contribution in [0.15, 0.2) is 48.5 Å². The average Bonchev–Trinajstić information content (AvgIpc) is 2.75. The molecule has 1 fully saturated rings. The Hall–Kier alpha value is -2.31. The molecule has 156 valence electrons. The maximum atomic E-state index is 13.4. The molecular weight excluding hydrogens is 372 g/mol. The minimum Gasteiger partial charge on any atom is -0.339 e. The van der Waals surface area contributed by atoms with E-state index in [0.717, 1.165) is 17.5 Å². The lowest BCUT2D eigenvalue weighted by Gasteiger charge is -2.40. The minimum atomic E-state index is -0.475. The van der Waals surface area contributed by atoms with Crippen molar-refractivity contribution in [3.63, 3.8) is 0 Å². The second kappa shape index (κ2) is 9.46. The molecule has 2 aromatic carbocycles. The Morgan fingerprint density at radius 2 is 1.38 bits per heavy atom. The summed E-state index contributed by atoms with van der Waals surface area (Å²) in [6, 6.07) is 12.2. The first-order chi connectivity index (χ1) is 13.9. The zero-order valence-electron chi connectivity index (χ0n) is 17.0. The van der Waals surface area contributed by atoms with E-state index in [9.17, 15) is 13.6 Å². The Morgan fingerprint density at radius 3 is 1.79 bits per heavy atom. The number of hydrogen-bond acceptors (Lipinski definition) is 3. The van der Waals surface area contributed by atoms with Crippen LogP contribution in [0.5, 0.6) is 0 Å².